The molecule has 0 unspecified atom stereocenters. The molecule has 2 aromatic rings. The third kappa shape index (κ3) is 7.21. The number of halogens is 1. The van der Waals surface area contributed by atoms with Crippen LogP contribution in [0.3, 0.4) is 0 Å². The first-order valence-electron chi connectivity index (χ1n) is 11.6. The highest BCUT2D eigenvalue weighted by Crippen LogP contribution is 2.25. The first-order valence-corrected chi connectivity index (χ1v) is 11.6. The van der Waals surface area contributed by atoms with Gasteiger partial charge in [0.1, 0.15) is 5.82 Å². The average molecular weight is 487 g/mol. The number of hydrogen-bond acceptors (Lipinski definition) is 5. The summed E-state index contributed by atoms with van der Waals surface area (Å²) in [6.07, 6.45) is 0.992. The number of amides is 2. The standard InChI is InChI=1S/C24H31FN6O4/c1-17-15-22(18(2)31(17)21-5-3-20(25)4-6-21)23(32)30-11-7-19(8-12-30)16-35-24(33)27-9-13-34-14-10-28-29-26/h3-6,15,19H,7-14,16H2,1-2H3,(H,27,33). The molecule has 0 spiro atoms. The van der Waals surface area contributed by atoms with Crippen LogP contribution in [0.15, 0.2) is 35.4 Å². The lowest BCUT2D eigenvalue weighted by Gasteiger charge is -2.31. The van der Waals surface area contributed by atoms with Crippen LogP contribution in [0.4, 0.5) is 9.18 Å². The third-order valence-corrected chi connectivity index (χ3v) is 6.01. The summed E-state index contributed by atoms with van der Waals surface area (Å²) in [6.45, 7) is 6.46. The van der Waals surface area contributed by atoms with Crippen molar-refractivity contribution in [1.82, 2.24) is 14.8 Å². The van der Waals surface area contributed by atoms with Crippen LogP contribution in [0, 0.1) is 25.6 Å². The Bertz CT molecular complexity index is 1060. The van der Waals surface area contributed by atoms with Crippen LogP contribution >= 0.6 is 0 Å². The van der Waals surface area contributed by atoms with E-state index in [1.807, 2.05) is 29.4 Å². The number of benzene rings is 1. The minimum absolute atomic E-state index is 0.0240. The second-order valence-electron chi connectivity index (χ2n) is 8.42. The van der Waals surface area contributed by atoms with E-state index in [2.05, 4.69) is 15.3 Å². The molecule has 0 aliphatic carbocycles. The largest absolute Gasteiger partial charge is 0.449 e. The Morgan fingerprint density at radius 1 is 1.20 bits per heavy atom. The highest BCUT2D eigenvalue weighted by molar-refractivity contribution is 5.96. The molecule has 35 heavy (non-hydrogen) atoms. The lowest BCUT2D eigenvalue weighted by molar-refractivity contribution is 0.0615. The van der Waals surface area contributed by atoms with E-state index >= 15 is 0 Å². The van der Waals surface area contributed by atoms with Gasteiger partial charge in [-0.25, -0.2) is 9.18 Å². The molecule has 0 saturated carbocycles. The molecule has 1 aromatic heterocycles. The van der Waals surface area contributed by atoms with E-state index in [0.717, 1.165) is 29.9 Å². The summed E-state index contributed by atoms with van der Waals surface area (Å²) in [6, 6.07) is 8.09. The van der Waals surface area contributed by atoms with Gasteiger partial charge in [0.05, 0.1) is 25.4 Å². The predicted octanol–water partition coefficient (Wildman–Crippen LogP) is 4.14. The van der Waals surface area contributed by atoms with Gasteiger partial charge in [-0.3, -0.25) is 4.79 Å². The van der Waals surface area contributed by atoms with Gasteiger partial charge in [0.25, 0.3) is 5.91 Å². The highest BCUT2D eigenvalue weighted by Gasteiger charge is 2.27. The lowest BCUT2D eigenvalue weighted by Crippen LogP contribution is -2.40. The topological polar surface area (TPSA) is 122 Å². The molecule has 10 nitrogen and oxygen atoms in total. The molecule has 1 aliphatic heterocycles. The smallest absolute Gasteiger partial charge is 0.407 e. The summed E-state index contributed by atoms with van der Waals surface area (Å²) >= 11 is 0. The van der Waals surface area contributed by atoms with Gasteiger partial charge in [-0.2, -0.15) is 0 Å². The van der Waals surface area contributed by atoms with Crippen LogP contribution in [-0.2, 0) is 9.47 Å². The predicted molar refractivity (Wildman–Crippen MR) is 128 cm³/mol. The molecule has 2 heterocycles. The fourth-order valence-electron chi connectivity index (χ4n) is 4.16. The van der Waals surface area contributed by atoms with E-state index in [1.54, 1.807) is 12.1 Å². The zero-order valence-electron chi connectivity index (χ0n) is 20.1. The summed E-state index contributed by atoms with van der Waals surface area (Å²) in [7, 11) is 0. The average Bonchev–Trinajstić information content (AvgIpc) is 3.16. The van der Waals surface area contributed by atoms with E-state index < -0.39 is 6.09 Å². The van der Waals surface area contributed by atoms with Crippen LogP contribution in [-0.4, -0.2) is 67.5 Å². The number of hydrogen-bond donors (Lipinski definition) is 1. The van der Waals surface area contributed by atoms with Gasteiger partial charge in [-0.15, -0.1) is 0 Å². The molecule has 11 heteroatoms. The minimum Gasteiger partial charge on any atom is -0.449 e. The molecular formula is C24H31FN6O4. The number of ether oxygens (including phenoxy) is 2. The molecule has 1 fully saturated rings. The number of carbonyl (C=O) groups is 2. The van der Waals surface area contributed by atoms with Crippen molar-refractivity contribution in [3.8, 4) is 5.69 Å². The fourth-order valence-corrected chi connectivity index (χ4v) is 4.16. The van der Waals surface area contributed by atoms with Crippen molar-refractivity contribution < 1.29 is 23.5 Å². The molecule has 188 valence electrons. The highest BCUT2D eigenvalue weighted by atomic mass is 19.1. The molecule has 1 saturated heterocycles. The zero-order valence-corrected chi connectivity index (χ0v) is 20.1. The number of rotatable bonds is 10. The summed E-state index contributed by atoms with van der Waals surface area (Å²) < 4.78 is 25.8. The number of likely N-dealkylation sites (tertiary alicyclic amines) is 1. The van der Waals surface area contributed by atoms with Gasteiger partial charge >= 0.3 is 6.09 Å². The Hall–Kier alpha value is -3.56. The Balaban J connectivity index is 1.42. The van der Waals surface area contributed by atoms with Crippen molar-refractivity contribution in [3.05, 3.63) is 63.5 Å². The van der Waals surface area contributed by atoms with Crippen molar-refractivity contribution in [1.29, 1.82) is 0 Å². The summed E-state index contributed by atoms with van der Waals surface area (Å²) in [5.41, 5.74) is 11.4. The quantitative estimate of drug-likeness (QED) is 0.235. The fraction of sp³-hybridized carbons (Fsp3) is 0.500. The molecule has 0 bridgehead atoms. The van der Waals surface area contributed by atoms with E-state index in [4.69, 9.17) is 15.0 Å². The molecule has 1 aliphatic rings. The van der Waals surface area contributed by atoms with Crippen LogP contribution in [0.1, 0.15) is 34.6 Å². The monoisotopic (exact) mass is 486 g/mol. The van der Waals surface area contributed by atoms with Crippen LogP contribution in [0.5, 0.6) is 0 Å². The number of nitrogens with one attached hydrogen (secondary N) is 1. The van der Waals surface area contributed by atoms with Crippen LogP contribution in [0.2, 0.25) is 0 Å². The maximum atomic E-state index is 13.3. The number of carbonyl (C=O) groups excluding carboxylic acids is 2. The van der Waals surface area contributed by atoms with Gasteiger partial charge in [-0.05, 0) is 68.5 Å². The van der Waals surface area contributed by atoms with E-state index in [-0.39, 0.29) is 24.2 Å². The number of aromatic nitrogens is 1. The van der Waals surface area contributed by atoms with Gasteiger partial charge in [0.15, 0.2) is 0 Å². The number of aryl methyl sites for hydroxylation is 1. The van der Waals surface area contributed by atoms with Crippen molar-refractivity contribution in [3.63, 3.8) is 0 Å². The van der Waals surface area contributed by atoms with E-state index in [9.17, 15) is 14.0 Å². The Morgan fingerprint density at radius 3 is 2.60 bits per heavy atom. The Labute approximate surface area is 203 Å². The molecule has 1 N–H and O–H groups in total. The van der Waals surface area contributed by atoms with E-state index in [1.165, 1.54) is 12.1 Å². The zero-order chi connectivity index (χ0) is 25.2. The first-order chi connectivity index (χ1) is 16.9. The van der Waals surface area contributed by atoms with Crippen molar-refractivity contribution in [2.45, 2.75) is 26.7 Å². The molecule has 0 radical (unpaired) electrons. The number of azide groups is 1. The first kappa shape index (κ1) is 26.1. The number of nitrogens with zero attached hydrogens (tertiary/aromatic N) is 5. The molecular weight excluding hydrogens is 455 g/mol. The van der Waals surface area contributed by atoms with Crippen LogP contribution in [0.25, 0.3) is 16.1 Å². The summed E-state index contributed by atoms with van der Waals surface area (Å²) in [4.78, 5) is 29.5. The normalized spacial score (nSPS) is 13.9. The van der Waals surface area contributed by atoms with Gasteiger partial charge in [0.2, 0.25) is 0 Å². The molecule has 2 amide bonds. The number of piperidine rings is 1. The Morgan fingerprint density at radius 2 is 1.91 bits per heavy atom. The maximum absolute atomic E-state index is 13.3. The lowest BCUT2D eigenvalue weighted by atomic mass is 9.97. The SMILES string of the molecule is Cc1cc(C(=O)N2CCC(COC(=O)NCCOCCN=[N+]=[N-])CC2)c(C)n1-c1ccc(F)cc1. The second kappa shape index (κ2) is 12.8. The second-order valence-corrected chi connectivity index (χ2v) is 8.42. The van der Waals surface area contributed by atoms with Gasteiger partial charge in [0, 0.05) is 48.2 Å². The number of alkyl carbamates (subject to hydrolysis) is 1. The third-order valence-electron chi connectivity index (χ3n) is 6.01. The summed E-state index contributed by atoms with van der Waals surface area (Å²) in [5, 5.41) is 5.96. The minimum atomic E-state index is -0.504. The van der Waals surface area contributed by atoms with Gasteiger partial charge in [-0.1, -0.05) is 5.11 Å². The Kier molecular flexibility index (Phi) is 9.51. The molecule has 3 rings (SSSR count). The van der Waals surface area contributed by atoms with E-state index in [0.29, 0.717) is 45.0 Å². The summed E-state index contributed by atoms with van der Waals surface area (Å²) in [5.74, 6) is -0.134. The van der Waals surface area contributed by atoms with Crippen LogP contribution < -0.4 is 5.32 Å². The van der Waals surface area contributed by atoms with Crippen molar-refractivity contribution in [2.75, 3.05) is 46.0 Å². The van der Waals surface area contributed by atoms with Crippen molar-refractivity contribution in [2.24, 2.45) is 11.0 Å². The molecule has 1 aromatic carbocycles. The maximum Gasteiger partial charge on any atom is 0.407 e. The van der Waals surface area contributed by atoms with Crippen molar-refractivity contribution >= 4 is 12.0 Å². The van der Waals surface area contributed by atoms with Gasteiger partial charge < -0.3 is 24.3 Å². The molecule has 0 atom stereocenters.